The highest BCUT2D eigenvalue weighted by molar-refractivity contribution is 7.91. The van der Waals surface area contributed by atoms with E-state index in [0.29, 0.717) is 30.4 Å². The number of carbonyl (C=O) groups excluding carboxylic acids is 1. The number of halogens is 1. The molecule has 3 heterocycles. The van der Waals surface area contributed by atoms with Gasteiger partial charge in [0.15, 0.2) is 9.84 Å². The van der Waals surface area contributed by atoms with Crippen LogP contribution in [0.3, 0.4) is 0 Å². The lowest BCUT2D eigenvalue weighted by Gasteiger charge is -2.36. The van der Waals surface area contributed by atoms with Gasteiger partial charge < -0.3 is 15.0 Å². The number of piperidine rings is 1. The summed E-state index contributed by atoms with van der Waals surface area (Å²) in [6, 6.07) is 9.91. The molecule has 3 aromatic rings. The zero-order chi connectivity index (χ0) is 26.6. The van der Waals surface area contributed by atoms with Crippen molar-refractivity contribution >= 4 is 21.6 Å². The Morgan fingerprint density at radius 1 is 1.24 bits per heavy atom. The van der Waals surface area contributed by atoms with E-state index in [2.05, 4.69) is 15.3 Å². The van der Waals surface area contributed by atoms with Gasteiger partial charge in [0.1, 0.15) is 28.0 Å². The minimum absolute atomic E-state index is 0.0207. The zero-order valence-corrected chi connectivity index (χ0v) is 21.4. The SMILES string of the molecule is CCS(=O)(=O)c1cc([C@@H]2CCCN([C@@H](C)C(=O)Nc3ccc(Oc4ccc(F)cc4)cn3)C2)c[nH]c1=O. The molecule has 1 aromatic carbocycles. The third-order valence-electron chi connectivity index (χ3n) is 6.49. The van der Waals surface area contributed by atoms with Crippen LogP contribution in [0.25, 0.3) is 0 Å². The molecule has 196 valence electrons. The van der Waals surface area contributed by atoms with Gasteiger partial charge in [-0.1, -0.05) is 6.92 Å². The molecule has 11 heteroatoms. The average Bonchev–Trinajstić information content (AvgIpc) is 2.91. The highest BCUT2D eigenvalue weighted by atomic mass is 32.2. The summed E-state index contributed by atoms with van der Waals surface area (Å²) in [6.07, 6.45) is 4.68. The summed E-state index contributed by atoms with van der Waals surface area (Å²) in [4.78, 5) is 33.7. The Labute approximate surface area is 214 Å². The van der Waals surface area contributed by atoms with E-state index >= 15 is 0 Å². The maximum absolute atomic E-state index is 13.0. The van der Waals surface area contributed by atoms with Crippen molar-refractivity contribution in [2.24, 2.45) is 0 Å². The molecular formula is C26H29FN4O5S. The summed E-state index contributed by atoms with van der Waals surface area (Å²) in [7, 11) is -3.64. The van der Waals surface area contributed by atoms with Crippen LogP contribution in [-0.4, -0.2) is 54.1 Å². The first-order valence-electron chi connectivity index (χ1n) is 12.1. The number of carbonyl (C=O) groups is 1. The summed E-state index contributed by atoms with van der Waals surface area (Å²) in [6.45, 7) is 4.57. The lowest BCUT2D eigenvalue weighted by Crippen LogP contribution is -2.46. The second kappa shape index (κ2) is 11.2. The number of pyridine rings is 2. The van der Waals surface area contributed by atoms with Crippen LogP contribution in [-0.2, 0) is 14.6 Å². The molecule has 1 fully saturated rings. The molecule has 4 rings (SSSR count). The van der Waals surface area contributed by atoms with Crippen LogP contribution >= 0.6 is 0 Å². The minimum Gasteiger partial charge on any atom is -0.456 e. The van der Waals surface area contributed by atoms with Crippen LogP contribution in [0.5, 0.6) is 11.5 Å². The zero-order valence-electron chi connectivity index (χ0n) is 20.6. The summed E-state index contributed by atoms with van der Waals surface area (Å²) < 4.78 is 43.3. The Morgan fingerprint density at radius 3 is 2.65 bits per heavy atom. The fourth-order valence-electron chi connectivity index (χ4n) is 4.28. The first-order chi connectivity index (χ1) is 17.7. The molecule has 1 amide bonds. The van der Waals surface area contributed by atoms with E-state index in [1.165, 1.54) is 43.5 Å². The number of nitrogens with one attached hydrogen (secondary N) is 2. The number of H-pyrrole nitrogens is 1. The van der Waals surface area contributed by atoms with Crippen LogP contribution in [0.2, 0.25) is 0 Å². The number of aromatic amines is 1. The van der Waals surface area contributed by atoms with Crippen molar-refractivity contribution in [1.82, 2.24) is 14.9 Å². The van der Waals surface area contributed by atoms with E-state index in [4.69, 9.17) is 4.74 Å². The van der Waals surface area contributed by atoms with E-state index < -0.39 is 21.4 Å². The Balaban J connectivity index is 1.39. The maximum atomic E-state index is 13.0. The van der Waals surface area contributed by atoms with Crippen LogP contribution < -0.4 is 15.6 Å². The number of hydrogen-bond donors (Lipinski definition) is 2. The van der Waals surface area contributed by atoms with Gasteiger partial charge in [-0.05, 0) is 80.3 Å². The minimum atomic E-state index is -3.64. The van der Waals surface area contributed by atoms with E-state index in [0.717, 1.165) is 18.4 Å². The summed E-state index contributed by atoms with van der Waals surface area (Å²) in [5.74, 6) is 0.527. The second-order valence-corrected chi connectivity index (χ2v) is 11.2. The highest BCUT2D eigenvalue weighted by Gasteiger charge is 2.29. The van der Waals surface area contributed by atoms with Crippen molar-refractivity contribution in [3.05, 3.63) is 76.6 Å². The number of rotatable bonds is 8. The Bertz CT molecular complexity index is 1410. The number of ether oxygens (including phenoxy) is 1. The molecule has 0 unspecified atom stereocenters. The summed E-state index contributed by atoms with van der Waals surface area (Å²) in [5, 5.41) is 2.81. The molecule has 2 N–H and O–H groups in total. The predicted molar refractivity (Wildman–Crippen MR) is 137 cm³/mol. The van der Waals surface area contributed by atoms with Crippen molar-refractivity contribution < 1.29 is 22.3 Å². The lowest BCUT2D eigenvalue weighted by molar-refractivity contribution is -0.121. The van der Waals surface area contributed by atoms with E-state index in [1.54, 1.807) is 18.3 Å². The van der Waals surface area contributed by atoms with Gasteiger partial charge in [0.05, 0.1) is 18.0 Å². The molecule has 0 radical (unpaired) electrons. The quantitative estimate of drug-likeness (QED) is 0.457. The third-order valence-corrected chi connectivity index (χ3v) is 8.23. The summed E-state index contributed by atoms with van der Waals surface area (Å²) in [5.41, 5.74) is 0.120. The van der Waals surface area contributed by atoms with Gasteiger partial charge in [0.25, 0.3) is 5.56 Å². The fourth-order valence-corrected chi connectivity index (χ4v) is 5.25. The molecule has 0 aliphatic carbocycles. The average molecular weight is 529 g/mol. The van der Waals surface area contributed by atoms with Crippen LogP contribution in [0.4, 0.5) is 10.2 Å². The number of aromatic nitrogens is 2. The molecule has 0 saturated carbocycles. The Hall–Kier alpha value is -3.57. The van der Waals surface area contributed by atoms with E-state index in [-0.39, 0.29) is 28.3 Å². The fraction of sp³-hybridized carbons (Fsp3) is 0.346. The topological polar surface area (TPSA) is 121 Å². The number of sulfone groups is 1. The van der Waals surface area contributed by atoms with Gasteiger partial charge in [-0.2, -0.15) is 0 Å². The Kier molecular flexibility index (Phi) is 8.03. The van der Waals surface area contributed by atoms with Gasteiger partial charge in [-0.15, -0.1) is 0 Å². The number of amides is 1. The highest BCUT2D eigenvalue weighted by Crippen LogP contribution is 2.29. The van der Waals surface area contributed by atoms with Crippen LogP contribution in [0.1, 0.15) is 38.2 Å². The van der Waals surface area contributed by atoms with Gasteiger partial charge in [0, 0.05) is 12.7 Å². The van der Waals surface area contributed by atoms with Crippen molar-refractivity contribution in [2.75, 3.05) is 24.2 Å². The third kappa shape index (κ3) is 6.41. The molecular weight excluding hydrogens is 499 g/mol. The Morgan fingerprint density at radius 2 is 1.97 bits per heavy atom. The first kappa shape index (κ1) is 26.5. The molecule has 2 aromatic heterocycles. The normalized spacial score (nSPS) is 17.2. The van der Waals surface area contributed by atoms with E-state index in [9.17, 15) is 22.4 Å². The van der Waals surface area contributed by atoms with Gasteiger partial charge in [0.2, 0.25) is 5.91 Å². The summed E-state index contributed by atoms with van der Waals surface area (Å²) >= 11 is 0. The second-order valence-electron chi connectivity index (χ2n) is 8.96. The molecule has 9 nitrogen and oxygen atoms in total. The number of anilines is 1. The van der Waals surface area contributed by atoms with Gasteiger partial charge in [-0.25, -0.2) is 17.8 Å². The smallest absolute Gasteiger partial charge is 0.266 e. The predicted octanol–water partition coefficient (Wildman–Crippen LogP) is 3.70. The lowest BCUT2D eigenvalue weighted by atomic mass is 9.91. The van der Waals surface area contributed by atoms with Crippen molar-refractivity contribution in [3.63, 3.8) is 0 Å². The number of benzene rings is 1. The molecule has 1 saturated heterocycles. The molecule has 2 atom stereocenters. The van der Waals surface area contributed by atoms with Crippen molar-refractivity contribution in [1.29, 1.82) is 0 Å². The number of hydrogen-bond acceptors (Lipinski definition) is 7. The van der Waals surface area contributed by atoms with Crippen molar-refractivity contribution in [2.45, 2.75) is 43.5 Å². The van der Waals surface area contributed by atoms with Crippen LogP contribution in [0, 0.1) is 5.82 Å². The molecule has 0 spiro atoms. The first-order valence-corrected chi connectivity index (χ1v) is 13.7. The largest absolute Gasteiger partial charge is 0.456 e. The molecule has 37 heavy (non-hydrogen) atoms. The van der Waals surface area contributed by atoms with Gasteiger partial charge >= 0.3 is 0 Å². The molecule has 1 aliphatic rings. The van der Waals surface area contributed by atoms with Crippen molar-refractivity contribution in [3.8, 4) is 11.5 Å². The molecule has 1 aliphatic heterocycles. The molecule has 0 bridgehead atoms. The van der Waals surface area contributed by atoms with E-state index in [1.807, 2.05) is 11.8 Å². The maximum Gasteiger partial charge on any atom is 0.266 e. The van der Waals surface area contributed by atoms with Gasteiger partial charge in [-0.3, -0.25) is 14.5 Å². The number of likely N-dealkylation sites (tertiary alicyclic amines) is 1. The number of nitrogens with zero attached hydrogens (tertiary/aromatic N) is 2. The standard InChI is InChI=1S/C26H29FN4O5S/c1-3-37(34,35)23-13-19(14-29-26(23)33)18-5-4-12-31(16-18)17(2)25(32)30-24-11-10-22(15-28-24)36-21-8-6-20(27)7-9-21/h6-11,13-15,17-18H,3-5,12,16H2,1-2H3,(H,29,33)(H,28,30,32)/t17-,18+/m0/s1. The monoisotopic (exact) mass is 528 g/mol. The van der Waals surface area contributed by atoms with Crippen LogP contribution in [0.15, 0.2) is 64.5 Å².